The van der Waals surface area contributed by atoms with E-state index < -0.39 is 0 Å². The summed E-state index contributed by atoms with van der Waals surface area (Å²) in [6, 6.07) is 10.7. The van der Waals surface area contributed by atoms with Crippen LogP contribution in [0.2, 0.25) is 0 Å². The number of aromatic nitrogens is 3. The molecule has 120 valence electrons. The lowest BCUT2D eigenvalue weighted by Crippen LogP contribution is -2.14. The third-order valence-corrected chi connectivity index (χ3v) is 3.65. The number of hydrogen-bond acceptors (Lipinski definition) is 4. The second-order valence-corrected chi connectivity index (χ2v) is 6.05. The highest BCUT2D eigenvalue weighted by atomic mass is 15.1. The molecule has 0 saturated carbocycles. The summed E-state index contributed by atoms with van der Waals surface area (Å²) in [6.07, 6.45) is 3.03. The van der Waals surface area contributed by atoms with E-state index in [1.807, 2.05) is 19.1 Å². The Bertz CT molecular complexity index is 791. The fourth-order valence-electron chi connectivity index (χ4n) is 2.65. The predicted octanol–water partition coefficient (Wildman–Crippen LogP) is 3.74. The average molecular weight is 309 g/mol. The number of nitrogens with zero attached hydrogens (tertiary/aromatic N) is 2. The average Bonchev–Trinajstić information content (AvgIpc) is 2.89. The van der Waals surface area contributed by atoms with Crippen LogP contribution in [-0.4, -0.2) is 27.5 Å². The molecule has 0 fully saturated rings. The Morgan fingerprint density at radius 2 is 2.00 bits per heavy atom. The van der Waals surface area contributed by atoms with Gasteiger partial charge in [0.15, 0.2) is 0 Å². The van der Waals surface area contributed by atoms with Crippen molar-refractivity contribution in [2.75, 3.05) is 17.2 Å². The number of hydrogen-bond donors (Lipinski definition) is 3. The zero-order valence-electron chi connectivity index (χ0n) is 13.9. The summed E-state index contributed by atoms with van der Waals surface area (Å²) in [7, 11) is 0. The third kappa shape index (κ3) is 3.80. The smallest absolute Gasteiger partial charge is 0.225 e. The molecule has 0 unspecified atom stereocenters. The number of fused-ring (bicyclic) bond motifs is 1. The zero-order chi connectivity index (χ0) is 16.2. The van der Waals surface area contributed by atoms with E-state index >= 15 is 0 Å². The Morgan fingerprint density at radius 1 is 1.17 bits per heavy atom. The first-order valence-corrected chi connectivity index (χ1v) is 8.03. The van der Waals surface area contributed by atoms with Crippen LogP contribution in [0.1, 0.15) is 25.1 Å². The molecule has 2 heterocycles. The van der Waals surface area contributed by atoms with E-state index in [1.54, 1.807) is 0 Å². The summed E-state index contributed by atoms with van der Waals surface area (Å²) in [4.78, 5) is 12.2. The van der Waals surface area contributed by atoms with Gasteiger partial charge in [0.2, 0.25) is 5.95 Å². The van der Waals surface area contributed by atoms with Gasteiger partial charge in [0.1, 0.15) is 5.82 Å². The summed E-state index contributed by atoms with van der Waals surface area (Å²) >= 11 is 0. The normalized spacial score (nSPS) is 11.1. The van der Waals surface area contributed by atoms with Crippen LogP contribution < -0.4 is 10.6 Å². The molecule has 5 nitrogen and oxygen atoms in total. The Hall–Kier alpha value is -2.56. The van der Waals surface area contributed by atoms with Gasteiger partial charge < -0.3 is 15.6 Å². The number of benzene rings is 1. The van der Waals surface area contributed by atoms with Gasteiger partial charge in [0, 0.05) is 41.4 Å². The molecule has 0 spiro atoms. The minimum Gasteiger partial charge on any atom is -0.370 e. The van der Waals surface area contributed by atoms with E-state index in [9.17, 15) is 0 Å². The standard InChI is InChI=1S/C18H23N5/c1-12(2)21-18-22-13(3)10-17(23-18)19-9-8-14-11-20-16-7-5-4-6-15(14)16/h4-7,10-12,20H,8-9H2,1-3H3,(H2,19,21,22,23). The fourth-order valence-corrected chi connectivity index (χ4v) is 2.65. The summed E-state index contributed by atoms with van der Waals surface area (Å²) in [5.74, 6) is 1.54. The molecule has 0 aliphatic rings. The van der Waals surface area contributed by atoms with Crippen molar-refractivity contribution in [2.45, 2.75) is 33.2 Å². The highest BCUT2D eigenvalue weighted by Gasteiger charge is 2.05. The molecule has 0 atom stereocenters. The molecule has 5 heteroatoms. The van der Waals surface area contributed by atoms with Crippen molar-refractivity contribution in [3.05, 3.63) is 47.8 Å². The van der Waals surface area contributed by atoms with Gasteiger partial charge in [0.05, 0.1) is 0 Å². The Morgan fingerprint density at radius 3 is 2.83 bits per heavy atom. The van der Waals surface area contributed by atoms with E-state index in [0.29, 0.717) is 12.0 Å². The maximum Gasteiger partial charge on any atom is 0.225 e. The highest BCUT2D eigenvalue weighted by molar-refractivity contribution is 5.83. The van der Waals surface area contributed by atoms with Crippen LogP contribution >= 0.6 is 0 Å². The molecular weight excluding hydrogens is 286 g/mol. The molecule has 0 amide bonds. The van der Waals surface area contributed by atoms with Crippen LogP contribution in [-0.2, 0) is 6.42 Å². The molecule has 23 heavy (non-hydrogen) atoms. The number of rotatable bonds is 6. The van der Waals surface area contributed by atoms with Gasteiger partial charge in [-0.15, -0.1) is 0 Å². The number of aryl methyl sites for hydroxylation is 1. The largest absolute Gasteiger partial charge is 0.370 e. The first-order chi connectivity index (χ1) is 11.1. The first kappa shape index (κ1) is 15.3. The van der Waals surface area contributed by atoms with E-state index in [4.69, 9.17) is 0 Å². The number of para-hydroxylation sites is 1. The van der Waals surface area contributed by atoms with Crippen LogP contribution in [0.3, 0.4) is 0 Å². The zero-order valence-corrected chi connectivity index (χ0v) is 13.9. The van der Waals surface area contributed by atoms with E-state index in [-0.39, 0.29) is 0 Å². The van der Waals surface area contributed by atoms with Crippen LogP contribution in [0.5, 0.6) is 0 Å². The molecular formula is C18H23N5. The molecule has 0 saturated heterocycles. The van der Waals surface area contributed by atoms with Crippen molar-refractivity contribution in [2.24, 2.45) is 0 Å². The highest BCUT2D eigenvalue weighted by Crippen LogP contribution is 2.18. The second-order valence-electron chi connectivity index (χ2n) is 6.05. The molecule has 0 radical (unpaired) electrons. The minimum atomic E-state index is 0.316. The van der Waals surface area contributed by atoms with Crippen LogP contribution in [0, 0.1) is 6.92 Å². The quantitative estimate of drug-likeness (QED) is 0.649. The SMILES string of the molecule is Cc1cc(NCCc2c[nH]c3ccccc23)nc(NC(C)C)n1. The number of aromatic amines is 1. The maximum atomic E-state index is 4.51. The lowest BCUT2D eigenvalue weighted by molar-refractivity contribution is 0.869. The molecule has 3 aromatic rings. The lowest BCUT2D eigenvalue weighted by Gasteiger charge is -2.11. The van der Waals surface area contributed by atoms with Crippen molar-refractivity contribution in [3.63, 3.8) is 0 Å². The van der Waals surface area contributed by atoms with Gasteiger partial charge in [0.25, 0.3) is 0 Å². The maximum absolute atomic E-state index is 4.51. The number of nitrogens with one attached hydrogen (secondary N) is 3. The topological polar surface area (TPSA) is 65.6 Å². The van der Waals surface area contributed by atoms with Gasteiger partial charge in [-0.25, -0.2) is 4.98 Å². The van der Waals surface area contributed by atoms with E-state index in [1.165, 1.54) is 16.5 Å². The minimum absolute atomic E-state index is 0.316. The van der Waals surface area contributed by atoms with Crippen molar-refractivity contribution >= 4 is 22.7 Å². The Labute approximate surface area is 136 Å². The second kappa shape index (κ2) is 6.69. The Balaban J connectivity index is 1.65. The van der Waals surface area contributed by atoms with Gasteiger partial charge in [-0.3, -0.25) is 0 Å². The Kier molecular flexibility index (Phi) is 4.46. The summed E-state index contributed by atoms with van der Waals surface area (Å²) < 4.78 is 0. The molecule has 1 aromatic carbocycles. The van der Waals surface area contributed by atoms with E-state index in [2.05, 4.69) is 63.8 Å². The van der Waals surface area contributed by atoms with Crippen molar-refractivity contribution < 1.29 is 0 Å². The molecule has 2 aromatic heterocycles. The van der Waals surface area contributed by atoms with Gasteiger partial charge >= 0.3 is 0 Å². The predicted molar refractivity (Wildman–Crippen MR) is 96.0 cm³/mol. The molecule has 0 aliphatic carbocycles. The first-order valence-electron chi connectivity index (χ1n) is 8.03. The lowest BCUT2D eigenvalue weighted by atomic mass is 10.1. The third-order valence-electron chi connectivity index (χ3n) is 3.65. The van der Waals surface area contributed by atoms with Gasteiger partial charge in [-0.2, -0.15) is 4.98 Å². The van der Waals surface area contributed by atoms with Crippen molar-refractivity contribution in [1.29, 1.82) is 0 Å². The fraction of sp³-hybridized carbons (Fsp3) is 0.333. The molecule has 0 bridgehead atoms. The van der Waals surface area contributed by atoms with Crippen molar-refractivity contribution in [1.82, 2.24) is 15.0 Å². The number of anilines is 2. The van der Waals surface area contributed by atoms with Crippen LogP contribution in [0.25, 0.3) is 10.9 Å². The van der Waals surface area contributed by atoms with Gasteiger partial charge in [-0.05, 0) is 38.8 Å². The van der Waals surface area contributed by atoms with Gasteiger partial charge in [-0.1, -0.05) is 18.2 Å². The monoisotopic (exact) mass is 309 g/mol. The van der Waals surface area contributed by atoms with Crippen LogP contribution in [0.15, 0.2) is 36.5 Å². The molecule has 3 N–H and O–H groups in total. The van der Waals surface area contributed by atoms with E-state index in [0.717, 1.165) is 24.5 Å². The molecule has 0 aliphatic heterocycles. The number of H-pyrrole nitrogens is 1. The summed E-state index contributed by atoms with van der Waals surface area (Å²) in [5.41, 5.74) is 3.46. The van der Waals surface area contributed by atoms with Crippen LogP contribution in [0.4, 0.5) is 11.8 Å². The van der Waals surface area contributed by atoms with Crippen molar-refractivity contribution in [3.8, 4) is 0 Å². The molecule has 3 rings (SSSR count). The summed E-state index contributed by atoms with van der Waals surface area (Å²) in [6.45, 7) is 6.98. The summed E-state index contributed by atoms with van der Waals surface area (Å²) in [5, 5.41) is 7.93.